The number of nitrogens with one attached hydrogen (secondary N) is 1. The first-order valence-corrected chi connectivity index (χ1v) is 6.99. The Morgan fingerprint density at radius 3 is 3.05 bits per heavy atom. The molecule has 1 unspecified atom stereocenters. The minimum absolute atomic E-state index is 0.0317. The highest BCUT2D eigenvalue weighted by molar-refractivity contribution is 5.74. The smallest absolute Gasteiger partial charge is 0.317 e. The van der Waals surface area contributed by atoms with Crippen molar-refractivity contribution in [2.75, 3.05) is 6.54 Å². The summed E-state index contributed by atoms with van der Waals surface area (Å²) in [5, 5.41) is 2.88. The lowest BCUT2D eigenvalue weighted by Gasteiger charge is -2.35. The summed E-state index contributed by atoms with van der Waals surface area (Å²) in [6, 6.07) is 6.65. The second-order valence-corrected chi connectivity index (χ2v) is 5.04. The second kappa shape index (κ2) is 6.55. The van der Waals surface area contributed by atoms with Crippen LogP contribution in [-0.2, 0) is 6.54 Å². The number of benzene rings is 1. The quantitative estimate of drug-likeness (QED) is 0.892. The topological polar surface area (TPSA) is 32.3 Å². The summed E-state index contributed by atoms with van der Waals surface area (Å²) >= 11 is 0. The summed E-state index contributed by atoms with van der Waals surface area (Å²) in [6.07, 6.45) is 4.35. The van der Waals surface area contributed by atoms with E-state index in [4.69, 9.17) is 0 Å². The highest BCUT2D eigenvalue weighted by atomic mass is 19.1. The molecule has 1 aliphatic heterocycles. The molecule has 0 aliphatic carbocycles. The highest BCUT2D eigenvalue weighted by Crippen LogP contribution is 2.19. The van der Waals surface area contributed by atoms with Gasteiger partial charge in [-0.1, -0.05) is 19.1 Å². The Morgan fingerprint density at radius 2 is 2.32 bits per heavy atom. The standard InChI is InChI=1S/C15H21FN2O/c1-2-14-8-3-4-9-18(14)15(19)17-11-12-6-5-7-13(16)10-12/h5-7,10,14H,2-4,8-9,11H2,1H3,(H,17,19). The normalized spacial score (nSPS) is 19.3. The Labute approximate surface area is 113 Å². The highest BCUT2D eigenvalue weighted by Gasteiger charge is 2.24. The van der Waals surface area contributed by atoms with E-state index in [0.717, 1.165) is 31.4 Å². The maximum absolute atomic E-state index is 13.0. The molecule has 1 heterocycles. The monoisotopic (exact) mass is 264 g/mol. The van der Waals surface area contributed by atoms with Crippen molar-refractivity contribution in [3.63, 3.8) is 0 Å². The van der Waals surface area contributed by atoms with Gasteiger partial charge in [-0.25, -0.2) is 9.18 Å². The fraction of sp³-hybridized carbons (Fsp3) is 0.533. The van der Waals surface area contributed by atoms with Gasteiger partial charge >= 0.3 is 6.03 Å². The Hall–Kier alpha value is -1.58. The third kappa shape index (κ3) is 3.69. The molecule has 1 fully saturated rings. The van der Waals surface area contributed by atoms with Gasteiger partial charge in [0.25, 0.3) is 0 Å². The number of carbonyl (C=O) groups excluding carboxylic acids is 1. The summed E-state index contributed by atoms with van der Waals surface area (Å²) in [7, 11) is 0. The van der Waals surface area contributed by atoms with Crippen molar-refractivity contribution in [3.8, 4) is 0 Å². The summed E-state index contributed by atoms with van der Waals surface area (Å²) in [4.78, 5) is 14.1. The molecule has 0 radical (unpaired) electrons. The van der Waals surface area contributed by atoms with Crippen molar-refractivity contribution in [1.29, 1.82) is 0 Å². The minimum Gasteiger partial charge on any atom is -0.334 e. The number of halogens is 1. The predicted molar refractivity (Wildman–Crippen MR) is 73.3 cm³/mol. The van der Waals surface area contributed by atoms with Crippen molar-refractivity contribution in [1.82, 2.24) is 10.2 Å². The lowest BCUT2D eigenvalue weighted by molar-refractivity contribution is 0.148. The molecule has 0 bridgehead atoms. The van der Waals surface area contributed by atoms with Crippen LogP contribution < -0.4 is 5.32 Å². The SMILES string of the molecule is CCC1CCCCN1C(=O)NCc1cccc(F)c1. The molecular formula is C15H21FN2O. The van der Waals surface area contributed by atoms with Crippen LogP contribution >= 0.6 is 0 Å². The number of urea groups is 1. The fourth-order valence-electron chi connectivity index (χ4n) is 2.62. The number of rotatable bonds is 3. The molecule has 0 saturated carbocycles. The van der Waals surface area contributed by atoms with Gasteiger partial charge in [-0.05, 0) is 43.4 Å². The molecule has 3 nitrogen and oxygen atoms in total. The number of amides is 2. The first-order chi connectivity index (χ1) is 9.20. The minimum atomic E-state index is -0.267. The maximum Gasteiger partial charge on any atom is 0.317 e. The van der Waals surface area contributed by atoms with E-state index in [1.165, 1.54) is 18.6 Å². The van der Waals surface area contributed by atoms with Gasteiger partial charge in [0.05, 0.1) is 0 Å². The first kappa shape index (κ1) is 13.8. The van der Waals surface area contributed by atoms with Crippen LogP contribution in [0.2, 0.25) is 0 Å². The molecule has 0 spiro atoms. The molecule has 2 amide bonds. The van der Waals surface area contributed by atoms with E-state index in [1.807, 2.05) is 11.0 Å². The van der Waals surface area contributed by atoms with Gasteiger partial charge in [0, 0.05) is 19.1 Å². The molecule has 1 aliphatic rings. The van der Waals surface area contributed by atoms with Crippen molar-refractivity contribution in [2.45, 2.75) is 45.2 Å². The Kier molecular flexibility index (Phi) is 4.77. The van der Waals surface area contributed by atoms with E-state index in [2.05, 4.69) is 12.2 Å². The number of likely N-dealkylation sites (tertiary alicyclic amines) is 1. The van der Waals surface area contributed by atoms with Crippen molar-refractivity contribution < 1.29 is 9.18 Å². The molecular weight excluding hydrogens is 243 g/mol. The number of hydrogen-bond donors (Lipinski definition) is 1. The van der Waals surface area contributed by atoms with Gasteiger partial charge in [0.2, 0.25) is 0 Å². The van der Waals surface area contributed by atoms with Gasteiger partial charge in [-0.3, -0.25) is 0 Å². The molecule has 0 aromatic heterocycles. The zero-order valence-corrected chi connectivity index (χ0v) is 11.4. The number of piperidine rings is 1. The Morgan fingerprint density at radius 1 is 1.47 bits per heavy atom. The van der Waals surface area contributed by atoms with Crippen LogP contribution in [0.4, 0.5) is 9.18 Å². The van der Waals surface area contributed by atoms with Crippen LogP contribution in [0.5, 0.6) is 0 Å². The zero-order valence-electron chi connectivity index (χ0n) is 11.4. The van der Waals surface area contributed by atoms with E-state index in [1.54, 1.807) is 6.07 Å². The van der Waals surface area contributed by atoms with E-state index >= 15 is 0 Å². The molecule has 104 valence electrons. The number of nitrogens with zero attached hydrogens (tertiary/aromatic N) is 1. The van der Waals surface area contributed by atoms with Crippen LogP contribution in [0.1, 0.15) is 38.2 Å². The average molecular weight is 264 g/mol. The third-order valence-electron chi connectivity index (χ3n) is 3.69. The molecule has 1 aromatic rings. The summed E-state index contributed by atoms with van der Waals surface area (Å²) in [5.41, 5.74) is 0.790. The van der Waals surface area contributed by atoms with Crippen LogP contribution in [-0.4, -0.2) is 23.5 Å². The molecule has 1 N–H and O–H groups in total. The molecule has 19 heavy (non-hydrogen) atoms. The second-order valence-electron chi connectivity index (χ2n) is 5.04. The summed E-state index contributed by atoms with van der Waals surface area (Å²) < 4.78 is 13.0. The fourth-order valence-corrected chi connectivity index (χ4v) is 2.62. The summed E-state index contributed by atoms with van der Waals surface area (Å²) in [6.45, 7) is 3.32. The molecule has 1 saturated heterocycles. The zero-order chi connectivity index (χ0) is 13.7. The van der Waals surface area contributed by atoms with Gasteiger partial charge in [-0.2, -0.15) is 0 Å². The molecule has 4 heteroatoms. The van der Waals surface area contributed by atoms with E-state index in [-0.39, 0.29) is 11.8 Å². The van der Waals surface area contributed by atoms with Crippen LogP contribution in [0.25, 0.3) is 0 Å². The van der Waals surface area contributed by atoms with Gasteiger partial charge in [0.15, 0.2) is 0 Å². The van der Waals surface area contributed by atoms with Gasteiger partial charge < -0.3 is 10.2 Å². The van der Waals surface area contributed by atoms with Crippen molar-refractivity contribution in [2.24, 2.45) is 0 Å². The molecule has 1 atom stereocenters. The van der Waals surface area contributed by atoms with Gasteiger partial charge in [0.1, 0.15) is 5.82 Å². The third-order valence-corrected chi connectivity index (χ3v) is 3.69. The molecule has 2 rings (SSSR count). The van der Waals surface area contributed by atoms with Gasteiger partial charge in [-0.15, -0.1) is 0 Å². The van der Waals surface area contributed by atoms with Crippen LogP contribution in [0.3, 0.4) is 0 Å². The number of hydrogen-bond acceptors (Lipinski definition) is 1. The lowest BCUT2D eigenvalue weighted by atomic mass is 10.0. The Balaban J connectivity index is 1.89. The van der Waals surface area contributed by atoms with E-state index in [0.29, 0.717) is 12.6 Å². The maximum atomic E-state index is 13.0. The lowest BCUT2D eigenvalue weighted by Crippen LogP contribution is -2.48. The molecule has 1 aromatic carbocycles. The predicted octanol–water partition coefficient (Wildman–Crippen LogP) is 3.30. The average Bonchev–Trinajstić information content (AvgIpc) is 2.45. The van der Waals surface area contributed by atoms with Crippen molar-refractivity contribution >= 4 is 6.03 Å². The van der Waals surface area contributed by atoms with Crippen molar-refractivity contribution in [3.05, 3.63) is 35.6 Å². The number of carbonyl (C=O) groups is 1. The first-order valence-electron chi connectivity index (χ1n) is 6.99. The Bertz CT molecular complexity index is 436. The van der Waals surface area contributed by atoms with E-state index in [9.17, 15) is 9.18 Å². The van der Waals surface area contributed by atoms with Crippen LogP contribution in [0, 0.1) is 5.82 Å². The van der Waals surface area contributed by atoms with E-state index < -0.39 is 0 Å². The largest absolute Gasteiger partial charge is 0.334 e. The van der Waals surface area contributed by atoms with Crippen LogP contribution in [0.15, 0.2) is 24.3 Å². The summed E-state index contributed by atoms with van der Waals surface area (Å²) in [5.74, 6) is -0.267.